The molecule has 0 unspecified atom stereocenters. The highest BCUT2D eigenvalue weighted by atomic mass is 16.4. The number of benzene rings is 1. The van der Waals surface area contributed by atoms with E-state index in [4.69, 9.17) is 5.11 Å². The molecule has 3 rings (SSSR count). The Morgan fingerprint density at radius 1 is 0.305 bits per heavy atom. The maximum atomic E-state index is 14.7. The summed E-state index contributed by atoms with van der Waals surface area (Å²) < 4.78 is 0. The second-order valence-electron chi connectivity index (χ2n) is 40.8. The van der Waals surface area contributed by atoms with Crippen LogP contribution in [0.2, 0.25) is 0 Å². The van der Waals surface area contributed by atoms with E-state index in [0.717, 1.165) is 0 Å². The van der Waals surface area contributed by atoms with E-state index in [1.54, 1.807) is 96.9 Å². The van der Waals surface area contributed by atoms with Gasteiger partial charge in [0, 0.05) is 26.4 Å². The summed E-state index contributed by atoms with van der Waals surface area (Å²) in [5.74, 6) is -19.6. The number of phenolic OH excluding ortho intramolecular Hbond substituents is 1. The quantitative estimate of drug-likeness (QED) is 0.0373. The Bertz CT molecular complexity index is 4500. The fraction of sp³-hybridized carbons (Fsp3) is 0.711. The molecule has 0 radical (unpaired) electrons. The molecule has 44 heteroatoms. The lowest BCUT2D eigenvalue weighted by atomic mass is 9.98. The molecule has 0 spiro atoms. The van der Waals surface area contributed by atoms with E-state index in [1.807, 2.05) is 27.7 Å². The SMILES string of the molecule is CC(=O)N[C@@H](C)C(=O)N[C@@H](C)C(=O)N[C@H](C(=O)N[C@@H](C)C(=O)N[C@@H](CC(C)C)C(=O)N[C@@H](CC(C)C)C(=O)N1CCC[C@H]1C(=O)N[C@@H](C)C(=O)N[C@H](C(=O)N[C@@H](CC(C)C)C(=O)N[C@@H](CC(C)C)C(=O)N[C@@H](C)C(=O)N[C@@H](CC(C)C)C(=O)N[C@@H](CC(C)C)C(=O)N[C@@H](C)C(=O)N1CCC[C@H]1C(=O)N[C@@H](Cc1ccc(O)cc1)C(=O)N[C@H](C(=O)N[C@@H](C)C(=O)N[C@H](C=O)CC(=O)O)C(C)C)C(C)C)C(C)C. The number of likely N-dealkylation sites (tertiary alicyclic amines) is 2. The molecule has 20 amide bonds. The largest absolute Gasteiger partial charge is 0.508 e. The smallest absolute Gasteiger partial charge is 0.305 e. The summed E-state index contributed by atoms with van der Waals surface area (Å²) in [5, 5.41) is 66.5. The van der Waals surface area contributed by atoms with Crippen molar-refractivity contribution in [1.82, 2.24) is 106 Å². The van der Waals surface area contributed by atoms with Crippen LogP contribution in [0.25, 0.3) is 0 Å². The molecule has 0 saturated carbocycles. The van der Waals surface area contributed by atoms with Gasteiger partial charge in [-0.3, -0.25) is 101 Å². The summed E-state index contributed by atoms with van der Waals surface area (Å²) in [7, 11) is 0. The van der Waals surface area contributed by atoms with Crippen molar-refractivity contribution in [2.75, 3.05) is 13.1 Å². The monoisotopic (exact) mass is 1990 g/mol. The van der Waals surface area contributed by atoms with Crippen LogP contribution in [0.4, 0.5) is 0 Å². The average molecular weight is 1990 g/mol. The molecule has 2 saturated heterocycles. The number of phenols is 1. The second kappa shape index (κ2) is 58.7. The van der Waals surface area contributed by atoms with Crippen LogP contribution in [0.3, 0.4) is 0 Å². The van der Waals surface area contributed by atoms with Crippen molar-refractivity contribution in [3.63, 3.8) is 0 Å². The molecule has 1 aromatic carbocycles. The number of amides is 20. The summed E-state index contributed by atoms with van der Waals surface area (Å²) in [6.07, 6.45) is 0.630. The van der Waals surface area contributed by atoms with Gasteiger partial charge in [-0.15, -0.1) is 0 Å². The number of hydrogen-bond donors (Lipinski definition) is 20. The van der Waals surface area contributed by atoms with Crippen LogP contribution in [0.1, 0.15) is 256 Å². The number of carboxylic acid groups (broad SMARTS) is 1. The molecule has 0 bridgehead atoms. The van der Waals surface area contributed by atoms with Crippen molar-refractivity contribution in [1.29, 1.82) is 0 Å². The van der Waals surface area contributed by atoms with Crippen LogP contribution in [0.5, 0.6) is 5.75 Å². The fourth-order valence-corrected chi connectivity index (χ4v) is 16.0. The van der Waals surface area contributed by atoms with Crippen molar-refractivity contribution in [2.24, 2.45) is 53.3 Å². The molecule has 20 N–H and O–H groups in total. The number of aldehydes is 1. The van der Waals surface area contributed by atoms with E-state index in [1.165, 1.54) is 89.5 Å². The summed E-state index contributed by atoms with van der Waals surface area (Å²) in [5.41, 5.74) is 0.463. The zero-order chi connectivity index (χ0) is 107. The summed E-state index contributed by atoms with van der Waals surface area (Å²) >= 11 is 0. The van der Waals surface area contributed by atoms with Crippen LogP contribution in [0.15, 0.2) is 24.3 Å². The molecule has 141 heavy (non-hydrogen) atoms. The zero-order valence-corrected chi connectivity index (χ0v) is 86.8. The van der Waals surface area contributed by atoms with Gasteiger partial charge >= 0.3 is 5.97 Å². The van der Waals surface area contributed by atoms with E-state index >= 15 is 0 Å². The molecule has 20 atom stereocenters. The van der Waals surface area contributed by atoms with E-state index in [-0.39, 0.29) is 118 Å². The number of hydrogen-bond acceptors (Lipinski definition) is 23. The minimum Gasteiger partial charge on any atom is -0.508 e. The van der Waals surface area contributed by atoms with Crippen molar-refractivity contribution >= 4 is 130 Å². The Kier molecular flexibility index (Phi) is 51.1. The first-order valence-corrected chi connectivity index (χ1v) is 49.1. The topological polar surface area (TPSA) is 639 Å². The number of carbonyl (C=O) groups excluding carboxylic acids is 21. The maximum absolute atomic E-state index is 14.7. The van der Waals surface area contributed by atoms with Gasteiger partial charge in [0.2, 0.25) is 118 Å². The normalized spacial score (nSPS) is 17.5. The summed E-state index contributed by atoms with van der Waals surface area (Å²) in [6, 6.07) is -19.5. The first-order valence-electron chi connectivity index (χ1n) is 49.1. The van der Waals surface area contributed by atoms with Gasteiger partial charge < -0.3 is 121 Å². The third-order valence-corrected chi connectivity index (χ3v) is 23.6. The van der Waals surface area contributed by atoms with Gasteiger partial charge in [0.15, 0.2) is 0 Å². The lowest BCUT2D eigenvalue weighted by Gasteiger charge is -2.32. The highest BCUT2D eigenvalue weighted by Crippen LogP contribution is 2.25. The summed E-state index contributed by atoms with van der Waals surface area (Å²) in [6.45, 7) is 42.3. The molecule has 2 aliphatic rings. The molecule has 0 aromatic heterocycles. The Hall–Kier alpha value is -12.4. The third kappa shape index (κ3) is 41.7. The molecule has 2 aliphatic heterocycles. The van der Waals surface area contributed by atoms with E-state index < -0.39 is 269 Å². The first-order chi connectivity index (χ1) is 65.6. The molecular formula is C97H160N20O24. The van der Waals surface area contributed by atoms with E-state index in [0.29, 0.717) is 18.4 Å². The minimum atomic E-state index is -1.42. The van der Waals surface area contributed by atoms with Gasteiger partial charge in [-0.05, 0) is 184 Å². The van der Waals surface area contributed by atoms with Gasteiger partial charge in [0.25, 0.3) is 0 Å². The highest BCUT2D eigenvalue weighted by molar-refractivity contribution is 6.02. The highest BCUT2D eigenvalue weighted by Gasteiger charge is 2.45. The van der Waals surface area contributed by atoms with Gasteiger partial charge in [-0.25, -0.2) is 0 Å². The average Bonchev–Trinajstić information content (AvgIpc) is 1.69. The zero-order valence-electron chi connectivity index (χ0n) is 86.8. The fourth-order valence-electron chi connectivity index (χ4n) is 16.0. The van der Waals surface area contributed by atoms with Crippen LogP contribution >= 0.6 is 0 Å². The molecular weight excluding hydrogens is 1830 g/mol. The van der Waals surface area contributed by atoms with Crippen molar-refractivity contribution in [3.05, 3.63) is 29.8 Å². The van der Waals surface area contributed by atoms with Gasteiger partial charge in [0.05, 0.1) is 12.5 Å². The van der Waals surface area contributed by atoms with E-state index in [2.05, 4.69) is 95.7 Å². The van der Waals surface area contributed by atoms with E-state index in [9.17, 15) is 111 Å². The summed E-state index contributed by atoms with van der Waals surface area (Å²) in [4.78, 5) is 304. The van der Waals surface area contributed by atoms with Crippen molar-refractivity contribution in [2.45, 2.75) is 378 Å². The Morgan fingerprint density at radius 2 is 0.567 bits per heavy atom. The predicted molar refractivity (Wildman–Crippen MR) is 521 cm³/mol. The first kappa shape index (κ1) is 123. The lowest BCUT2D eigenvalue weighted by molar-refractivity contribution is -0.143. The third-order valence-electron chi connectivity index (χ3n) is 23.6. The number of aliphatic carboxylic acids is 1. The Balaban J connectivity index is 1.76. The number of rotatable bonds is 57. The number of nitrogens with one attached hydrogen (secondary N) is 18. The maximum Gasteiger partial charge on any atom is 0.305 e. The lowest BCUT2D eigenvalue weighted by Crippen LogP contribution is -2.61. The van der Waals surface area contributed by atoms with Gasteiger partial charge in [-0.1, -0.05) is 137 Å². The molecule has 2 fully saturated rings. The predicted octanol–water partition coefficient (Wildman–Crippen LogP) is -0.279. The number of nitrogens with zero attached hydrogens (tertiary/aromatic N) is 2. The molecule has 1 aromatic rings. The van der Waals surface area contributed by atoms with Crippen LogP contribution < -0.4 is 95.7 Å². The number of aromatic hydroxyl groups is 1. The number of carbonyl (C=O) groups is 22. The van der Waals surface area contributed by atoms with Gasteiger partial charge in [-0.2, -0.15) is 0 Å². The molecule has 0 aliphatic carbocycles. The van der Waals surface area contributed by atoms with Crippen molar-refractivity contribution in [3.8, 4) is 5.75 Å². The number of carboxylic acids is 1. The molecule has 44 nitrogen and oxygen atoms in total. The minimum absolute atomic E-state index is 0.0307. The van der Waals surface area contributed by atoms with Crippen LogP contribution in [0, 0.1) is 53.3 Å². The Morgan fingerprint density at radius 3 is 0.922 bits per heavy atom. The molecule has 792 valence electrons. The Labute approximate surface area is 827 Å². The van der Waals surface area contributed by atoms with Crippen molar-refractivity contribution < 1.29 is 116 Å². The van der Waals surface area contributed by atoms with Crippen LogP contribution in [-0.4, -0.2) is 284 Å². The van der Waals surface area contributed by atoms with Crippen LogP contribution in [-0.2, 0) is 112 Å². The van der Waals surface area contributed by atoms with Gasteiger partial charge in [0.1, 0.15) is 127 Å². The second-order valence-corrected chi connectivity index (χ2v) is 40.8. The molecule has 2 heterocycles. The standard InChI is InChI=1S/C97H160N20O24/c1-46(2)37-66(85(129)100-57(21)81(125)106-68(39-48(5)6)87(131)109-67(38-47(3)4)86(130)104-61(25)96(140)116-35-27-30-74(116)92(136)110-71(43-63-31-33-65(120)34-32-63)90(134)115-77(53(15)16)94(138)102-56(20)80(124)105-64(45-118)44-75(121)122)108-88(132)70(41-50(9)10)111-95(139)78(54(17)18)114-84(128)60(24)101-91(135)73-29-28-36-117(73)97(141)72(42-51(11)12)112-89(133)69(40-49(7)8)107-82(126)58(22)103-93(137)76(52(13)14)113-83(127)59(23)99-79(123)55(19)98-62(26)119/h31-34,45-61,64,66-74,76-78,120H,27-30,35-44H2,1-26H3,(H,98,119)(H,99,123)(H,100,129)(H,101,135)(H,102,138)(H,103,137)(H,104,130)(H,105,124)(H,106,125)(H,107,126)(H,108,132)(H,109,131)(H,110,136)(H,111,139)(H,112,133)(H,113,127)(H,114,128)(H,115,134)(H,121,122)/t55-,56-,57-,58-,59-,60-,61-,64-,66-,67-,68-,69-,70-,71-,72-,73-,74-,76-,77-,78-/m0/s1.